The summed E-state index contributed by atoms with van der Waals surface area (Å²) in [5.41, 5.74) is 1.05. The van der Waals surface area contributed by atoms with Gasteiger partial charge in [-0.2, -0.15) is 4.31 Å². The van der Waals surface area contributed by atoms with Gasteiger partial charge in [0.05, 0.1) is 42.8 Å². The van der Waals surface area contributed by atoms with Crippen molar-refractivity contribution in [2.75, 3.05) is 27.4 Å². The first-order valence-electron chi connectivity index (χ1n) is 10.8. The van der Waals surface area contributed by atoms with E-state index in [1.165, 1.54) is 41.4 Å². The third-order valence-corrected chi connectivity index (χ3v) is 8.73. The minimum Gasteiger partial charge on any atom is -0.497 e. The van der Waals surface area contributed by atoms with Crippen LogP contribution in [0.15, 0.2) is 83.5 Å². The molecule has 0 bridgehead atoms. The van der Waals surface area contributed by atoms with Crippen molar-refractivity contribution in [3.63, 3.8) is 0 Å². The highest BCUT2D eigenvalue weighted by molar-refractivity contribution is 7.90. The zero-order valence-electron chi connectivity index (χ0n) is 19.7. The minimum atomic E-state index is -3.92. The molecule has 0 amide bonds. The van der Waals surface area contributed by atoms with Gasteiger partial charge in [0.15, 0.2) is 0 Å². The van der Waals surface area contributed by atoms with Gasteiger partial charge >= 0.3 is 0 Å². The van der Waals surface area contributed by atoms with Gasteiger partial charge < -0.3 is 14.0 Å². The number of allylic oxidation sites excluding steroid dienone is 1. The Balaban J connectivity index is 1.97. The summed E-state index contributed by atoms with van der Waals surface area (Å²) >= 11 is 0. The zero-order chi connectivity index (χ0) is 25.5. The first-order valence-corrected chi connectivity index (χ1v) is 13.9. The lowest BCUT2D eigenvalue weighted by atomic mass is 10.2. The Morgan fingerprint density at radius 2 is 1.71 bits per heavy atom. The smallest absolute Gasteiger partial charge is 0.243 e. The quantitative estimate of drug-likeness (QED) is 0.320. The van der Waals surface area contributed by atoms with E-state index in [0.29, 0.717) is 17.0 Å². The van der Waals surface area contributed by atoms with Crippen molar-refractivity contribution < 1.29 is 26.3 Å². The van der Waals surface area contributed by atoms with Crippen LogP contribution >= 0.6 is 0 Å². The van der Waals surface area contributed by atoms with Gasteiger partial charge in [-0.3, -0.25) is 0 Å². The zero-order valence-corrected chi connectivity index (χ0v) is 21.3. The Kier molecular flexibility index (Phi) is 8.84. The lowest BCUT2D eigenvalue weighted by Gasteiger charge is -2.23. The number of aromatic nitrogens is 2. The number of hydrogen-bond donors (Lipinski definition) is 0. The largest absolute Gasteiger partial charge is 0.497 e. The van der Waals surface area contributed by atoms with E-state index in [2.05, 4.69) is 11.6 Å². The van der Waals surface area contributed by atoms with Gasteiger partial charge in [0.1, 0.15) is 5.75 Å². The summed E-state index contributed by atoms with van der Waals surface area (Å²) in [6.45, 7) is 4.00. The van der Waals surface area contributed by atoms with Crippen molar-refractivity contribution in [3.8, 4) is 5.75 Å². The minimum absolute atomic E-state index is 0.0657. The van der Waals surface area contributed by atoms with Crippen LogP contribution in [0, 0.1) is 0 Å². The number of ether oxygens (including phenoxy) is 2. The lowest BCUT2D eigenvalue weighted by Crippen LogP contribution is -2.34. The molecule has 11 heteroatoms. The predicted molar refractivity (Wildman–Crippen MR) is 132 cm³/mol. The first kappa shape index (κ1) is 26.6. The normalized spacial score (nSPS) is 12.1. The van der Waals surface area contributed by atoms with Crippen LogP contribution in [0.5, 0.6) is 5.75 Å². The van der Waals surface area contributed by atoms with E-state index in [1.54, 1.807) is 42.5 Å². The second-order valence-corrected chi connectivity index (χ2v) is 11.5. The van der Waals surface area contributed by atoms with E-state index in [4.69, 9.17) is 9.47 Å². The molecular weight excluding hydrogens is 490 g/mol. The Bertz CT molecular complexity index is 1340. The second-order valence-electron chi connectivity index (χ2n) is 7.68. The third kappa shape index (κ3) is 6.37. The number of sulfone groups is 1. The number of nitrogens with zero attached hydrogens (tertiary/aromatic N) is 3. The maximum Gasteiger partial charge on any atom is 0.243 e. The lowest BCUT2D eigenvalue weighted by molar-refractivity contribution is 0.176. The fourth-order valence-corrected chi connectivity index (χ4v) is 6.40. The van der Waals surface area contributed by atoms with Crippen LogP contribution in [0.25, 0.3) is 0 Å². The molecule has 3 aromatic rings. The van der Waals surface area contributed by atoms with E-state index >= 15 is 0 Å². The molecule has 0 aliphatic heterocycles. The van der Waals surface area contributed by atoms with Crippen LogP contribution in [0.3, 0.4) is 0 Å². The summed E-state index contributed by atoms with van der Waals surface area (Å²) in [6, 6.07) is 14.9. The molecule has 0 spiro atoms. The highest BCUT2D eigenvalue weighted by atomic mass is 32.2. The predicted octanol–water partition coefficient (Wildman–Crippen LogP) is 2.89. The Morgan fingerprint density at radius 3 is 2.31 bits per heavy atom. The number of benzene rings is 2. The van der Waals surface area contributed by atoms with Crippen molar-refractivity contribution in [1.29, 1.82) is 0 Å². The van der Waals surface area contributed by atoms with Crippen LogP contribution in [0.2, 0.25) is 0 Å². The van der Waals surface area contributed by atoms with E-state index in [0.717, 1.165) is 0 Å². The molecule has 188 valence electrons. The average Bonchev–Trinajstić information content (AvgIpc) is 3.25. The standard InChI is InChI=1S/C24H29N3O6S2/c1-4-14-27-21(17-25-24(27)34(28,29)19-20-8-6-5-7-9-20)18-26(15-16-32-2)35(30,31)23-12-10-22(33-3)11-13-23/h4-13,17H,1,14-16,18-19H2,2-3H3. The number of rotatable bonds is 13. The fourth-order valence-electron chi connectivity index (χ4n) is 3.50. The molecule has 0 saturated carbocycles. The van der Waals surface area contributed by atoms with Gasteiger partial charge in [-0.05, 0) is 29.8 Å². The summed E-state index contributed by atoms with van der Waals surface area (Å²) in [4.78, 5) is 4.26. The van der Waals surface area contributed by atoms with E-state index in [-0.39, 0.29) is 42.0 Å². The number of methoxy groups -OCH3 is 2. The molecule has 2 aromatic carbocycles. The van der Waals surface area contributed by atoms with E-state index in [9.17, 15) is 16.8 Å². The maximum atomic E-state index is 13.4. The molecule has 9 nitrogen and oxygen atoms in total. The molecule has 0 unspecified atom stereocenters. The molecule has 0 fully saturated rings. The number of sulfonamides is 1. The third-order valence-electron chi connectivity index (χ3n) is 5.27. The van der Waals surface area contributed by atoms with Gasteiger partial charge in [-0.1, -0.05) is 36.4 Å². The molecular formula is C24H29N3O6S2. The van der Waals surface area contributed by atoms with Crippen molar-refractivity contribution in [2.45, 2.75) is 28.9 Å². The highest BCUT2D eigenvalue weighted by Crippen LogP contribution is 2.23. The van der Waals surface area contributed by atoms with Crippen molar-refractivity contribution in [2.24, 2.45) is 0 Å². The SMILES string of the molecule is C=CCn1c(CN(CCOC)S(=O)(=O)c2ccc(OC)cc2)cnc1S(=O)(=O)Cc1ccccc1. The Labute approximate surface area is 206 Å². The molecule has 0 N–H and O–H groups in total. The van der Waals surface area contributed by atoms with Crippen LogP contribution < -0.4 is 4.74 Å². The van der Waals surface area contributed by atoms with Gasteiger partial charge in [0.25, 0.3) is 0 Å². The summed E-state index contributed by atoms with van der Waals surface area (Å²) in [5, 5.41) is -0.134. The molecule has 1 heterocycles. The summed E-state index contributed by atoms with van der Waals surface area (Å²) in [7, 11) is -4.74. The summed E-state index contributed by atoms with van der Waals surface area (Å²) < 4.78 is 66.1. The molecule has 3 rings (SSSR count). The molecule has 35 heavy (non-hydrogen) atoms. The van der Waals surface area contributed by atoms with E-state index in [1.807, 2.05) is 6.07 Å². The van der Waals surface area contributed by atoms with Crippen molar-refractivity contribution >= 4 is 19.9 Å². The fraction of sp³-hybridized carbons (Fsp3) is 0.292. The van der Waals surface area contributed by atoms with Gasteiger partial charge in [-0.25, -0.2) is 21.8 Å². The molecule has 0 aliphatic rings. The molecule has 0 aliphatic carbocycles. The molecule has 1 aromatic heterocycles. The van der Waals surface area contributed by atoms with E-state index < -0.39 is 19.9 Å². The first-order chi connectivity index (χ1) is 16.7. The molecule has 0 atom stereocenters. The average molecular weight is 520 g/mol. The summed E-state index contributed by atoms with van der Waals surface area (Å²) in [5.74, 6) is 0.309. The van der Waals surface area contributed by atoms with Crippen LogP contribution in [-0.2, 0) is 43.4 Å². The summed E-state index contributed by atoms with van der Waals surface area (Å²) in [6.07, 6.45) is 2.94. The molecule has 0 radical (unpaired) electrons. The van der Waals surface area contributed by atoms with Crippen LogP contribution in [-0.4, -0.2) is 58.1 Å². The van der Waals surface area contributed by atoms with Gasteiger partial charge in [0.2, 0.25) is 25.0 Å². The second kappa shape index (κ2) is 11.6. The molecule has 0 saturated heterocycles. The van der Waals surface area contributed by atoms with Gasteiger partial charge in [-0.15, -0.1) is 6.58 Å². The highest BCUT2D eigenvalue weighted by Gasteiger charge is 2.29. The topological polar surface area (TPSA) is 108 Å². The van der Waals surface area contributed by atoms with Crippen LogP contribution in [0.4, 0.5) is 0 Å². The maximum absolute atomic E-state index is 13.4. The number of imidazole rings is 1. The Hall–Kier alpha value is -2.99. The Morgan fingerprint density at radius 1 is 1.03 bits per heavy atom. The van der Waals surface area contributed by atoms with Gasteiger partial charge in [0, 0.05) is 20.2 Å². The van der Waals surface area contributed by atoms with Crippen molar-refractivity contribution in [3.05, 3.63) is 84.7 Å². The monoisotopic (exact) mass is 519 g/mol. The van der Waals surface area contributed by atoms with Crippen LogP contribution in [0.1, 0.15) is 11.3 Å². The van der Waals surface area contributed by atoms with Crippen molar-refractivity contribution in [1.82, 2.24) is 13.9 Å². The number of hydrogen-bond acceptors (Lipinski definition) is 7.